The van der Waals surface area contributed by atoms with Gasteiger partial charge in [-0.05, 0) is 83.8 Å². The molecule has 1 aliphatic heterocycles. The number of rotatable bonds is 9. The highest BCUT2D eigenvalue weighted by Gasteiger charge is 2.31. The molecule has 0 amide bonds. The Labute approximate surface area is 233 Å². The average molecular weight is 557 g/mol. The van der Waals surface area contributed by atoms with Crippen molar-refractivity contribution in [1.29, 1.82) is 0 Å². The molecule has 0 atom stereocenters. The van der Waals surface area contributed by atoms with Crippen LogP contribution in [0.4, 0.5) is 13.2 Å². The fraction of sp³-hybridized carbons (Fsp3) is 0.419. The van der Waals surface area contributed by atoms with Gasteiger partial charge in [-0.15, -0.1) is 13.2 Å². The Bertz CT molecular complexity index is 1160. The molecule has 0 unspecified atom stereocenters. The topological polar surface area (TPSA) is 24.9 Å². The van der Waals surface area contributed by atoms with Crippen molar-refractivity contribution in [2.24, 2.45) is 5.92 Å². The Hall–Kier alpha value is -2.68. The highest BCUT2D eigenvalue weighted by molar-refractivity contribution is 7.97. The Balaban J connectivity index is 1.04. The molecule has 0 N–H and O–H groups in total. The van der Waals surface area contributed by atoms with Crippen molar-refractivity contribution in [3.8, 4) is 22.6 Å². The van der Waals surface area contributed by atoms with Crippen LogP contribution < -0.4 is 9.47 Å². The summed E-state index contributed by atoms with van der Waals surface area (Å²) in [5.74, 6) is 1.47. The fourth-order valence-electron chi connectivity index (χ4n) is 5.20. The molecular weight excluding hydrogens is 521 g/mol. The van der Waals surface area contributed by atoms with E-state index >= 15 is 0 Å². The lowest BCUT2D eigenvalue weighted by Crippen LogP contribution is -2.42. The van der Waals surface area contributed by atoms with Crippen LogP contribution in [0.25, 0.3) is 11.1 Å². The van der Waals surface area contributed by atoms with E-state index in [1.54, 1.807) is 12.1 Å². The number of halogens is 3. The summed E-state index contributed by atoms with van der Waals surface area (Å²) >= 11 is 1.81. The van der Waals surface area contributed by atoms with Crippen LogP contribution in [0.3, 0.4) is 0 Å². The normalized spacial score (nSPS) is 17.7. The molecule has 1 heterocycles. The Kier molecular flexibility index (Phi) is 9.37. The molecule has 5 rings (SSSR count). The van der Waals surface area contributed by atoms with E-state index in [0.717, 1.165) is 56.2 Å². The van der Waals surface area contributed by atoms with E-state index in [0.29, 0.717) is 5.92 Å². The molecule has 0 bridgehead atoms. The Morgan fingerprint density at radius 1 is 0.718 bits per heavy atom. The van der Waals surface area contributed by atoms with E-state index < -0.39 is 6.36 Å². The minimum Gasteiger partial charge on any atom is -0.493 e. The molecule has 1 saturated carbocycles. The lowest BCUT2D eigenvalue weighted by atomic mass is 9.90. The molecule has 2 fully saturated rings. The molecule has 4 nitrogen and oxygen atoms in total. The predicted molar refractivity (Wildman–Crippen MR) is 150 cm³/mol. The maximum Gasteiger partial charge on any atom is 0.573 e. The first-order valence-electron chi connectivity index (χ1n) is 13.7. The van der Waals surface area contributed by atoms with Gasteiger partial charge in [0.25, 0.3) is 0 Å². The summed E-state index contributed by atoms with van der Waals surface area (Å²) < 4.78 is 49.5. The number of ether oxygens (including phenoxy) is 2. The van der Waals surface area contributed by atoms with Gasteiger partial charge in [-0.3, -0.25) is 4.90 Å². The Morgan fingerprint density at radius 3 is 1.92 bits per heavy atom. The lowest BCUT2D eigenvalue weighted by Gasteiger charge is -2.33. The van der Waals surface area contributed by atoms with Crippen LogP contribution in [0.2, 0.25) is 0 Å². The zero-order valence-corrected chi connectivity index (χ0v) is 22.9. The quantitative estimate of drug-likeness (QED) is 0.249. The van der Waals surface area contributed by atoms with Crippen molar-refractivity contribution < 1.29 is 22.6 Å². The van der Waals surface area contributed by atoms with Gasteiger partial charge >= 0.3 is 6.36 Å². The highest BCUT2D eigenvalue weighted by atomic mass is 32.2. The van der Waals surface area contributed by atoms with Gasteiger partial charge < -0.3 is 9.47 Å². The standard InChI is InChI=1S/C31H35F3N2O2S/c32-31(33,34)38-29-12-10-27(11-13-29)26-8-6-24(7-9-26)22-35-18-20-36(21-19-35)39-30-16-14-28(15-17-30)37-23-25-4-2-1-3-5-25/h6-17,25H,1-5,18-23H2. The first-order chi connectivity index (χ1) is 18.9. The van der Waals surface area contributed by atoms with Crippen LogP contribution in [-0.4, -0.2) is 48.4 Å². The molecule has 8 heteroatoms. The van der Waals surface area contributed by atoms with Crippen LogP contribution in [0, 0.1) is 5.92 Å². The van der Waals surface area contributed by atoms with Crippen LogP contribution in [-0.2, 0) is 6.54 Å². The first kappa shape index (κ1) is 27.9. The number of benzene rings is 3. The summed E-state index contributed by atoms with van der Waals surface area (Å²) in [6.07, 6.45) is 1.97. The molecule has 1 saturated heterocycles. The maximum atomic E-state index is 12.4. The minimum atomic E-state index is -4.68. The SMILES string of the molecule is FC(F)(F)Oc1ccc(-c2ccc(CN3CCN(Sc4ccc(OCC5CCCCC5)cc4)CC3)cc2)cc1. The third-order valence-electron chi connectivity index (χ3n) is 7.38. The number of piperazine rings is 1. The number of hydrogen-bond acceptors (Lipinski definition) is 5. The molecular formula is C31H35F3N2O2S. The van der Waals surface area contributed by atoms with Crippen molar-refractivity contribution in [3.05, 3.63) is 78.4 Å². The van der Waals surface area contributed by atoms with Crippen molar-refractivity contribution >= 4 is 11.9 Å². The van der Waals surface area contributed by atoms with Crippen LogP contribution in [0.15, 0.2) is 77.7 Å². The van der Waals surface area contributed by atoms with E-state index in [1.807, 2.05) is 24.1 Å². The van der Waals surface area contributed by atoms with E-state index in [4.69, 9.17) is 4.74 Å². The van der Waals surface area contributed by atoms with Gasteiger partial charge in [-0.2, -0.15) is 0 Å². The van der Waals surface area contributed by atoms with Crippen molar-refractivity contribution in [2.45, 2.75) is 49.9 Å². The first-order valence-corrected chi connectivity index (χ1v) is 14.5. The molecule has 0 aromatic heterocycles. The number of alkyl halides is 3. The maximum absolute atomic E-state index is 12.4. The van der Waals surface area contributed by atoms with Gasteiger partial charge in [-0.1, -0.05) is 55.7 Å². The lowest BCUT2D eigenvalue weighted by molar-refractivity contribution is -0.274. The molecule has 2 aliphatic rings. The fourth-order valence-corrected chi connectivity index (χ4v) is 6.10. The number of hydrogen-bond donors (Lipinski definition) is 0. The average Bonchev–Trinajstić information content (AvgIpc) is 2.94. The van der Waals surface area contributed by atoms with Gasteiger partial charge in [0.1, 0.15) is 11.5 Å². The van der Waals surface area contributed by atoms with Crippen LogP contribution >= 0.6 is 11.9 Å². The summed E-state index contributed by atoms with van der Waals surface area (Å²) in [5.41, 5.74) is 3.04. The molecule has 0 spiro atoms. The molecule has 208 valence electrons. The highest BCUT2D eigenvalue weighted by Crippen LogP contribution is 2.29. The van der Waals surface area contributed by atoms with Gasteiger partial charge in [-0.25, -0.2) is 4.31 Å². The molecule has 3 aromatic rings. The molecule has 3 aromatic carbocycles. The summed E-state index contributed by atoms with van der Waals surface area (Å²) in [6.45, 7) is 5.70. The van der Waals surface area contributed by atoms with E-state index in [-0.39, 0.29) is 5.75 Å². The summed E-state index contributed by atoms with van der Waals surface area (Å²) in [6, 6.07) is 22.7. The van der Waals surface area contributed by atoms with Gasteiger partial charge in [0, 0.05) is 37.6 Å². The second-order valence-corrected chi connectivity index (χ2v) is 11.5. The van der Waals surface area contributed by atoms with Gasteiger partial charge in [0.05, 0.1) is 6.61 Å². The van der Waals surface area contributed by atoms with E-state index in [2.05, 4.69) is 50.3 Å². The van der Waals surface area contributed by atoms with Gasteiger partial charge in [0.2, 0.25) is 0 Å². The van der Waals surface area contributed by atoms with E-state index in [9.17, 15) is 13.2 Å². The van der Waals surface area contributed by atoms with Crippen molar-refractivity contribution in [3.63, 3.8) is 0 Å². The second-order valence-electron chi connectivity index (χ2n) is 10.4. The monoisotopic (exact) mass is 556 g/mol. The minimum absolute atomic E-state index is 0.212. The van der Waals surface area contributed by atoms with Crippen molar-refractivity contribution in [1.82, 2.24) is 9.21 Å². The Morgan fingerprint density at radius 2 is 1.31 bits per heavy atom. The van der Waals surface area contributed by atoms with Crippen molar-refractivity contribution in [2.75, 3.05) is 32.8 Å². The largest absolute Gasteiger partial charge is 0.573 e. The number of nitrogens with zero attached hydrogens (tertiary/aromatic N) is 2. The molecule has 0 radical (unpaired) electrons. The second kappa shape index (κ2) is 13.1. The summed E-state index contributed by atoms with van der Waals surface area (Å²) in [4.78, 5) is 3.69. The molecule has 1 aliphatic carbocycles. The smallest absolute Gasteiger partial charge is 0.493 e. The molecule has 39 heavy (non-hydrogen) atoms. The predicted octanol–water partition coefficient (Wildman–Crippen LogP) is 8.04. The summed E-state index contributed by atoms with van der Waals surface area (Å²) in [7, 11) is 0. The third kappa shape index (κ3) is 8.65. The third-order valence-corrected chi connectivity index (χ3v) is 8.49. The van der Waals surface area contributed by atoms with Gasteiger partial charge in [0.15, 0.2) is 0 Å². The van der Waals surface area contributed by atoms with Crippen LogP contribution in [0.1, 0.15) is 37.7 Å². The van der Waals surface area contributed by atoms with Crippen LogP contribution in [0.5, 0.6) is 11.5 Å². The summed E-state index contributed by atoms with van der Waals surface area (Å²) in [5, 5.41) is 0. The zero-order valence-electron chi connectivity index (χ0n) is 22.0. The van der Waals surface area contributed by atoms with E-state index in [1.165, 1.54) is 54.7 Å². The zero-order chi connectivity index (χ0) is 27.1.